The quantitative estimate of drug-likeness (QED) is 0.762. The second kappa shape index (κ2) is 7.14. The van der Waals surface area contributed by atoms with Crippen molar-refractivity contribution in [1.82, 2.24) is 20.1 Å². The SMILES string of the molecule is CC[C@@H](C)NC(=O)Cn1nc(C)c2sc(-c3ccccc3)nc2c1=O. The summed E-state index contributed by atoms with van der Waals surface area (Å²) in [6.07, 6.45) is 0.832. The van der Waals surface area contributed by atoms with Crippen LogP contribution >= 0.6 is 11.3 Å². The molecule has 0 bridgehead atoms. The number of carbonyl (C=O) groups is 1. The van der Waals surface area contributed by atoms with Crippen molar-refractivity contribution in [3.8, 4) is 10.6 Å². The van der Waals surface area contributed by atoms with E-state index in [2.05, 4.69) is 15.4 Å². The number of carbonyl (C=O) groups excluding carboxylic acids is 1. The zero-order chi connectivity index (χ0) is 18.0. The van der Waals surface area contributed by atoms with Crippen LogP contribution in [0.25, 0.3) is 20.8 Å². The van der Waals surface area contributed by atoms with Gasteiger partial charge in [0.05, 0.1) is 10.4 Å². The molecule has 25 heavy (non-hydrogen) atoms. The van der Waals surface area contributed by atoms with Gasteiger partial charge in [0.15, 0.2) is 5.52 Å². The molecule has 0 aliphatic heterocycles. The van der Waals surface area contributed by atoms with Crippen molar-refractivity contribution in [2.45, 2.75) is 39.8 Å². The van der Waals surface area contributed by atoms with Crippen LogP contribution in [-0.2, 0) is 11.3 Å². The lowest BCUT2D eigenvalue weighted by atomic mass is 10.2. The van der Waals surface area contributed by atoms with Gasteiger partial charge < -0.3 is 5.32 Å². The van der Waals surface area contributed by atoms with Gasteiger partial charge in [0.25, 0.3) is 5.56 Å². The summed E-state index contributed by atoms with van der Waals surface area (Å²) in [7, 11) is 0. The Balaban J connectivity index is 1.98. The first-order chi connectivity index (χ1) is 12.0. The number of hydrogen-bond acceptors (Lipinski definition) is 5. The molecule has 0 aliphatic carbocycles. The normalized spacial score (nSPS) is 12.3. The fraction of sp³-hybridized carbons (Fsp3) is 0.333. The topological polar surface area (TPSA) is 76.9 Å². The third-order valence-electron chi connectivity index (χ3n) is 4.00. The fourth-order valence-corrected chi connectivity index (χ4v) is 3.48. The first kappa shape index (κ1) is 17.3. The number of nitrogens with zero attached hydrogens (tertiary/aromatic N) is 3. The van der Waals surface area contributed by atoms with Crippen LogP contribution in [0.4, 0.5) is 0 Å². The minimum atomic E-state index is -0.335. The summed E-state index contributed by atoms with van der Waals surface area (Å²) in [6.45, 7) is 5.65. The summed E-state index contributed by atoms with van der Waals surface area (Å²) < 4.78 is 1.96. The molecule has 0 spiro atoms. The summed E-state index contributed by atoms with van der Waals surface area (Å²) in [5, 5.41) is 7.92. The van der Waals surface area contributed by atoms with Gasteiger partial charge in [-0.25, -0.2) is 9.67 Å². The summed E-state index contributed by atoms with van der Waals surface area (Å²) >= 11 is 1.45. The van der Waals surface area contributed by atoms with Gasteiger partial charge in [-0.1, -0.05) is 37.3 Å². The molecule has 3 rings (SSSR count). The lowest BCUT2D eigenvalue weighted by molar-refractivity contribution is -0.122. The van der Waals surface area contributed by atoms with Crippen LogP contribution in [-0.4, -0.2) is 26.7 Å². The molecule has 0 unspecified atom stereocenters. The van der Waals surface area contributed by atoms with Gasteiger partial charge >= 0.3 is 0 Å². The zero-order valence-corrected chi connectivity index (χ0v) is 15.3. The van der Waals surface area contributed by atoms with E-state index in [0.717, 1.165) is 21.7 Å². The summed E-state index contributed by atoms with van der Waals surface area (Å²) in [4.78, 5) is 29.3. The first-order valence-corrected chi connectivity index (χ1v) is 9.04. The number of aryl methyl sites for hydroxylation is 1. The molecule has 2 aromatic heterocycles. The second-order valence-corrected chi connectivity index (χ2v) is 6.99. The minimum Gasteiger partial charge on any atom is -0.352 e. The summed E-state index contributed by atoms with van der Waals surface area (Å²) in [6, 6.07) is 9.79. The number of thiazole rings is 1. The zero-order valence-electron chi connectivity index (χ0n) is 14.4. The van der Waals surface area contributed by atoms with E-state index in [1.807, 2.05) is 51.1 Å². The van der Waals surface area contributed by atoms with Crippen LogP contribution in [0, 0.1) is 6.92 Å². The highest BCUT2D eigenvalue weighted by atomic mass is 32.1. The molecule has 1 atom stereocenters. The van der Waals surface area contributed by atoms with E-state index in [4.69, 9.17) is 0 Å². The van der Waals surface area contributed by atoms with Crippen LogP contribution in [0.5, 0.6) is 0 Å². The Kier molecular flexibility index (Phi) is 4.94. The van der Waals surface area contributed by atoms with E-state index < -0.39 is 0 Å². The molecule has 0 saturated heterocycles. The number of fused-ring (bicyclic) bond motifs is 1. The van der Waals surface area contributed by atoms with E-state index in [1.54, 1.807) is 0 Å². The van der Waals surface area contributed by atoms with Gasteiger partial charge in [-0.05, 0) is 20.3 Å². The number of hydrogen-bond donors (Lipinski definition) is 1. The predicted molar refractivity (Wildman–Crippen MR) is 99.7 cm³/mol. The Morgan fingerprint density at radius 1 is 1.32 bits per heavy atom. The maximum absolute atomic E-state index is 12.7. The largest absolute Gasteiger partial charge is 0.352 e. The van der Waals surface area contributed by atoms with Crippen molar-refractivity contribution >= 4 is 27.5 Å². The molecule has 6 nitrogen and oxygen atoms in total. The molecule has 1 N–H and O–H groups in total. The molecule has 0 aliphatic rings. The third-order valence-corrected chi connectivity index (χ3v) is 5.21. The molecule has 1 aromatic carbocycles. The van der Waals surface area contributed by atoms with Gasteiger partial charge in [-0.3, -0.25) is 9.59 Å². The molecule has 2 heterocycles. The number of amides is 1. The van der Waals surface area contributed by atoms with Crippen LogP contribution in [0.3, 0.4) is 0 Å². The lowest BCUT2D eigenvalue weighted by Gasteiger charge is -2.12. The Morgan fingerprint density at radius 2 is 2.04 bits per heavy atom. The summed E-state index contributed by atoms with van der Waals surface area (Å²) in [5.41, 5.74) is 1.69. The van der Waals surface area contributed by atoms with Gasteiger partial charge in [0.1, 0.15) is 11.6 Å². The Bertz CT molecular complexity index is 962. The van der Waals surface area contributed by atoms with E-state index in [0.29, 0.717) is 11.2 Å². The summed E-state index contributed by atoms with van der Waals surface area (Å²) in [5.74, 6) is -0.221. The monoisotopic (exact) mass is 356 g/mol. The molecule has 3 aromatic rings. The average molecular weight is 356 g/mol. The highest BCUT2D eigenvalue weighted by Gasteiger charge is 2.16. The van der Waals surface area contributed by atoms with E-state index >= 15 is 0 Å². The molecule has 7 heteroatoms. The van der Waals surface area contributed by atoms with Gasteiger partial charge in [0.2, 0.25) is 5.91 Å². The Labute approximate surface area is 149 Å². The van der Waals surface area contributed by atoms with Crippen molar-refractivity contribution in [2.75, 3.05) is 0 Å². The fourth-order valence-electron chi connectivity index (χ4n) is 2.47. The molecule has 0 radical (unpaired) electrons. The first-order valence-electron chi connectivity index (χ1n) is 8.22. The number of nitrogens with one attached hydrogen (secondary N) is 1. The molecule has 1 amide bonds. The minimum absolute atomic E-state index is 0.0667. The predicted octanol–water partition coefficient (Wildman–Crippen LogP) is 2.74. The van der Waals surface area contributed by atoms with Crippen LogP contribution < -0.4 is 10.9 Å². The highest BCUT2D eigenvalue weighted by Crippen LogP contribution is 2.29. The van der Waals surface area contributed by atoms with Crippen LogP contribution in [0.15, 0.2) is 35.1 Å². The van der Waals surface area contributed by atoms with E-state index in [9.17, 15) is 9.59 Å². The van der Waals surface area contributed by atoms with Gasteiger partial charge in [0, 0.05) is 11.6 Å². The second-order valence-electron chi connectivity index (χ2n) is 5.99. The maximum Gasteiger partial charge on any atom is 0.294 e. The Morgan fingerprint density at radius 3 is 2.72 bits per heavy atom. The highest BCUT2D eigenvalue weighted by molar-refractivity contribution is 7.21. The standard InChI is InChI=1S/C18H20N4O2S/c1-4-11(2)19-14(23)10-22-18(24)15-16(12(3)21-22)25-17(20-15)13-8-6-5-7-9-13/h5-9,11H,4,10H2,1-3H3,(H,19,23)/t11-/m1/s1. The van der Waals surface area contributed by atoms with Crippen molar-refractivity contribution in [2.24, 2.45) is 0 Å². The Hall–Kier alpha value is -2.54. The number of benzene rings is 1. The average Bonchev–Trinajstić information content (AvgIpc) is 3.06. The smallest absolute Gasteiger partial charge is 0.294 e. The van der Waals surface area contributed by atoms with Crippen LogP contribution in [0.1, 0.15) is 26.0 Å². The third kappa shape index (κ3) is 3.61. The molecular weight excluding hydrogens is 336 g/mol. The van der Waals surface area contributed by atoms with Crippen molar-refractivity contribution in [3.05, 3.63) is 46.4 Å². The van der Waals surface area contributed by atoms with Crippen LogP contribution in [0.2, 0.25) is 0 Å². The molecular formula is C18H20N4O2S. The maximum atomic E-state index is 12.7. The van der Waals surface area contributed by atoms with Gasteiger partial charge in [-0.2, -0.15) is 5.10 Å². The van der Waals surface area contributed by atoms with E-state index in [1.165, 1.54) is 16.0 Å². The number of rotatable bonds is 5. The van der Waals surface area contributed by atoms with Crippen molar-refractivity contribution in [1.29, 1.82) is 0 Å². The molecule has 0 saturated carbocycles. The number of aromatic nitrogens is 3. The van der Waals surface area contributed by atoms with E-state index in [-0.39, 0.29) is 24.1 Å². The van der Waals surface area contributed by atoms with Gasteiger partial charge in [-0.15, -0.1) is 11.3 Å². The molecule has 130 valence electrons. The lowest BCUT2D eigenvalue weighted by Crippen LogP contribution is -2.38. The molecule has 0 fully saturated rings. The van der Waals surface area contributed by atoms with Crippen molar-refractivity contribution < 1.29 is 4.79 Å². The van der Waals surface area contributed by atoms with Crippen molar-refractivity contribution in [3.63, 3.8) is 0 Å².